The summed E-state index contributed by atoms with van der Waals surface area (Å²) in [6, 6.07) is 0. The molecular formula is C36H60O8. The maximum absolute atomic E-state index is 12.0. The molecule has 0 aromatic heterocycles. The van der Waals surface area contributed by atoms with E-state index >= 15 is 0 Å². The zero-order chi connectivity index (χ0) is 32.6. The van der Waals surface area contributed by atoms with Crippen LogP contribution in [0.4, 0.5) is 0 Å². The minimum atomic E-state index is -1.52. The number of rotatable bonds is 6. The van der Waals surface area contributed by atoms with Crippen molar-refractivity contribution in [2.75, 3.05) is 6.61 Å². The van der Waals surface area contributed by atoms with Crippen molar-refractivity contribution < 1.29 is 40.1 Å². The second-order valence-corrected chi connectivity index (χ2v) is 16.8. The first-order valence-corrected chi connectivity index (χ1v) is 17.1. The van der Waals surface area contributed by atoms with E-state index in [2.05, 4.69) is 67.5 Å². The lowest BCUT2D eigenvalue weighted by Crippen LogP contribution is -2.70. The van der Waals surface area contributed by atoms with E-state index in [4.69, 9.17) is 9.47 Å². The highest BCUT2D eigenvalue weighted by molar-refractivity contribution is 5.24. The van der Waals surface area contributed by atoms with Crippen molar-refractivity contribution in [2.24, 2.45) is 45.3 Å². The average molecular weight is 621 g/mol. The molecule has 6 N–H and O–H groups in total. The fraction of sp³-hybridized carbons (Fsp3) is 0.889. The van der Waals surface area contributed by atoms with E-state index in [1.165, 1.54) is 11.1 Å². The Balaban J connectivity index is 1.55. The molecule has 5 rings (SSSR count). The minimum absolute atomic E-state index is 0.112. The Morgan fingerprint density at radius 2 is 1.55 bits per heavy atom. The fourth-order valence-electron chi connectivity index (χ4n) is 11.5. The largest absolute Gasteiger partial charge is 0.394 e. The van der Waals surface area contributed by atoms with Crippen molar-refractivity contribution in [2.45, 2.75) is 149 Å². The van der Waals surface area contributed by atoms with Gasteiger partial charge in [0, 0.05) is 0 Å². The van der Waals surface area contributed by atoms with Crippen LogP contribution in [0.2, 0.25) is 0 Å². The number of hydrogen-bond donors (Lipinski definition) is 6. The Bertz CT molecular complexity index is 1110. The number of allylic oxidation sites excluding steroid dienone is 4. The molecular weight excluding hydrogens is 560 g/mol. The van der Waals surface area contributed by atoms with E-state index in [0.29, 0.717) is 25.2 Å². The minimum Gasteiger partial charge on any atom is -0.394 e. The zero-order valence-corrected chi connectivity index (χ0v) is 28.2. The van der Waals surface area contributed by atoms with Crippen LogP contribution in [-0.2, 0) is 9.47 Å². The molecule has 0 amide bonds. The van der Waals surface area contributed by atoms with Gasteiger partial charge in [-0.15, -0.1) is 0 Å². The van der Waals surface area contributed by atoms with Crippen LogP contribution in [0.5, 0.6) is 0 Å². The van der Waals surface area contributed by atoms with Gasteiger partial charge in [0.05, 0.1) is 24.9 Å². The van der Waals surface area contributed by atoms with E-state index in [-0.39, 0.29) is 34.0 Å². The van der Waals surface area contributed by atoms with Crippen molar-refractivity contribution >= 4 is 0 Å². The van der Waals surface area contributed by atoms with E-state index in [1.807, 2.05) is 0 Å². The van der Waals surface area contributed by atoms with Crippen LogP contribution < -0.4 is 0 Å². The molecule has 0 radical (unpaired) electrons. The first kappa shape index (κ1) is 34.5. The third-order valence-electron chi connectivity index (χ3n) is 13.9. The van der Waals surface area contributed by atoms with Crippen molar-refractivity contribution in [1.29, 1.82) is 0 Å². The maximum atomic E-state index is 12.0. The van der Waals surface area contributed by atoms with Gasteiger partial charge in [0.2, 0.25) is 0 Å². The monoisotopic (exact) mass is 620 g/mol. The summed E-state index contributed by atoms with van der Waals surface area (Å²) in [5.41, 5.74) is 1.49. The standard InChI is InChI=1S/C36H60O8/c1-19(2)10-9-11-20(3)21-12-15-35(7)27(21)22(38)16-25-34(6)14-13-26(39)33(4,5)31(34)23(17-36(25,35)8)43-32-30(42)29(41)28(40)24(18-37)44-32/h10-11,21-32,37-42H,9,12-18H2,1-8H3/b20-11-/t21?,22-,23?,24-,25?,26+,27?,28-,29-,30-,31?,32-,34-,35-,36-/m1/s1. The molecule has 5 fully saturated rings. The zero-order valence-electron chi connectivity index (χ0n) is 28.2. The number of fused-ring (bicyclic) bond motifs is 5. The number of aliphatic hydroxyl groups is 6. The summed E-state index contributed by atoms with van der Waals surface area (Å²) in [7, 11) is 0. The quantitative estimate of drug-likeness (QED) is 0.193. The van der Waals surface area contributed by atoms with Gasteiger partial charge in [-0.1, -0.05) is 57.9 Å². The topological polar surface area (TPSA) is 140 Å². The molecule has 1 aliphatic heterocycles. The van der Waals surface area contributed by atoms with Gasteiger partial charge in [0.15, 0.2) is 6.29 Å². The predicted octanol–water partition coefficient (Wildman–Crippen LogP) is 4.10. The first-order valence-electron chi connectivity index (χ1n) is 17.1. The third kappa shape index (κ3) is 5.18. The van der Waals surface area contributed by atoms with Crippen LogP contribution in [0.1, 0.15) is 100 Å². The van der Waals surface area contributed by atoms with Gasteiger partial charge < -0.3 is 40.1 Å². The molecule has 0 aromatic rings. The molecule has 252 valence electrons. The summed E-state index contributed by atoms with van der Waals surface area (Å²) in [4.78, 5) is 0. The van der Waals surface area contributed by atoms with Crippen LogP contribution in [0, 0.1) is 45.3 Å². The van der Waals surface area contributed by atoms with Crippen molar-refractivity contribution in [1.82, 2.24) is 0 Å². The molecule has 44 heavy (non-hydrogen) atoms. The SMILES string of the molecule is CC(C)=CC/C=C(/C)C1CC[C@]2(C)C1[C@H](O)CC1[C@@]3(C)CC[C@H](O)C(C)(C)C3C(O[C@@H]3O[C@H](CO)[C@@H](O)[C@@H](O)[C@H]3O)C[C@]12C. The highest BCUT2D eigenvalue weighted by Crippen LogP contribution is 2.76. The lowest BCUT2D eigenvalue weighted by atomic mass is 9.34. The Labute approximate surface area is 264 Å². The summed E-state index contributed by atoms with van der Waals surface area (Å²) in [6.07, 6.45) is 2.23. The highest BCUT2D eigenvalue weighted by atomic mass is 16.7. The Morgan fingerprint density at radius 3 is 2.18 bits per heavy atom. The van der Waals surface area contributed by atoms with Crippen LogP contribution in [0.15, 0.2) is 23.3 Å². The molecule has 8 heteroatoms. The van der Waals surface area contributed by atoms with Crippen molar-refractivity contribution in [3.05, 3.63) is 23.3 Å². The molecule has 1 saturated heterocycles. The Kier molecular flexibility index (Phi) is 9.40. The van der Waals surface area contributed by atoms with Gasteiger partial charge in [-0.05, 0) is 111 Å². The molecule has 5 unspecified atom stereocenters. The Hall–Kier alpha value is -0.840. The second kappa shape index (κ2) is 12.0. The van der Waals surface area contributed by atoms with Crippen molar-refractivity contribution in [3.8, 4) is 0 Å². The van der Waals surface area contributed by atoms with Gasteiger partial charge in [-0.2, -0.15) is 0 Å². The molecule has 5 aliphatic rings. The summed E-state index contributed by atoms with van der Waals surface area (Å²) < 4.78 is 12.6. The van der Waals surface area contributed by atoms with Crippen LogP contribution in [0.25, 0.3) is 0 Å². The smallest absolute Gasteiger partial charge is 0.186 e. The number of ether oxygens (including phenoxy) is 2. The summed E-state index contributed by atoms with van der Waals surface area (Å²) in [5, 5.41) is 65.2. The maximum Gasteiger partial charge on any atom is 0.186 e. The molecule has 0 aromatic carbocycles. The molecule has 15 atom stereocenters. The average Bonchev–Trinajstić information content (AvgIpc) is 3.32. The molecule has 1 heterocycles. The van der Waals surface area contributed by atoms with E-state index in [0.717, 1.165) is 25.7 Å². The van der Waals surface area contributed by atoms with Gasteiger partial charge in [-0.25, -0.2) is 0 Å². The summed E-state index contributed by atoms with van der Waals surface area (Å²) >= 11 is 0. The third-order valence-corrected chi connectivity index (χ3v) is 13.9. The van der Waals surface area contributed by atoms with Crippen LogP contribution >= 0.6 is 0 Å². The van der Waals surface area contributed by atoms with Gasteiger partial charge in [-0.3, -0.25) is 0 Å². The molecule has 4 saturated carbocycles. The first-order chi connectivity index (χ1) is 20.4. The van der Waals surface area contributed by atoms with E-state index in [9.17, 15) is 30.6 Å². The normalized spacial score (nSPS) is 52.1. The second-order valence-electron chi connectivity index (χ2n) is 16.8. The molecule has 0 bridgehead atoms. The molecule has 4 aliphatic carbocycles. The Morgan fingerprint density at radius 1 is 0.864 bits per heavy atom. The van der Waals surface area contributed by atoms with E-state index in [1.54, 1.807) is 0 Å². The highest BCUT2D eigenvalue weighted by Gasteiger charge is 2.72. The van der Waals surface area contributed by atoms with Gasteiger partial charge >= 0.3 is 0 Å². The summed E-state index contributed by atoms with van der Waals surface area (Å²) in [6.45, 7) is 17.2. The molecule has 0 spiro atoms. The van der Waals surface area contributed by atoms with Gasteiger partial charge in [0.1, 0.15) is 24.4 Å². The number of hydrogen-bond acceptors (Lipinski definition) is 8. The molecule has 8 nitrogen and oxygen atoms in total. The number of aliphatic hydroxyl groups excluding tert-OH is 6. The van der Waals surface area contributed by atoms with Gasteiger partial charge in [0.25, 0.3) is 0 Å². The lowest BCUT2D eigenvalue weighted by molar-refractivity contribution is -0.346. The van der Waals surface area contributed by atoms with Crippen molar-refractivity contribution in [3.63, 3.8) is 0 Å². The summed E-state index contributed by atoms with van der Waals surface area (Å²) in [5.74, 6) is 0.506. The fourth-order valence-corrected chi connectivity index (χ4v) is 11.5. The predicted molar refractivity (Wildman–Crippen MR) is 168 cm³/mol. The van der Waals surface area contributed by atoms with Crippen LogP contribution in [-0.4, -0.2) is 86.3 Å². The van der Waals surface area contributed by atoms with Crippen LogP contribution in [0.3, 0.4) is 0 Å². The lowest BCUT2D eigenvalue weighted by Gasteiger charge is -2.72. The van der Waals surface area contributed by atoms with E-state index < -0.39 is 61.0 Å².